The smallest absolute Gasteiger partial charge is 0.313 e. The molecule has 0 radical (unpaired) electrons. The van der Waals surface area contributed by atoms with Crippen LogP contribution in [-0.2, 0) is 9.59 Å². The molecule has 1 aromatic rings. The fourth-order valence-electron chi connectivity index (χ4n) is 2.15. The predicted molar refractivity (Wildman–Crippen MR) is 86.1 cm³/mol. The molecule has 1 atom stereocenters. The van der Waals surface area contributed by atoms with Crippen molar-refractivity contribution in [2.24, 2.45) is 5.92 Å². The number of para-hydroxylation sites is 1. The van der Waals surface area contributed by atoms with Gasteiger partial charge < -0.3 is 10.6 Å². The Bertz CT molecular complexity index is 472. The molecule has 0 bridgehead atoms. The van der Waals surface area contributed by atoms with Gasteiger partial charge in [-0.3, -0.25) is 9.59 Å². The molecule has 2 amide bonds. The Kier molecular flexibility index (Phi) is 7.51. The molecule has 0 saturated heterocycles. The van der Waals surface area contributed by atoms with Crippen molar-refractivity contribution in [2.45, 2.75) is 46.5 Å². The van der Waals surface area contributed by atoms with Gasteiger partial charge in [0.25, 0.3) is 0 Å². The molecule has 2 N–H and O–H groups in total. The number of carbonyl (C=O) groups is 2. The van der Waals surface area contributed by atoms with Crippen LogP contribution in [-0.4, -0.2) is 18.4 Å². The molecule has 0 heterocycles. The molecule has 116 valence electrons. The summed E-state index contributed by atoms with van der Waals surface area (Å²) in [6, 6.07) is 7.41. The Hall–Kier alpha value is -1.84. The van der Waals surface area contributed by atoms with Crippen LogP contribution in [0, 0.1) is 12.8 Å². The quantitative estimate of drug-likeness (QED) is 0.757. The van der Waals surface area contributed by atoms with Crippen LogP contribution in [0.1, 0.15) is 45.1 Å². The summed E-state index contributed by atoms with van der Waals surface area (Å²) in [5.74, 6) is -0.719. The van der Waals surface area contributed by atoms with E-state index in [-0.39, 0.29) is 0 Å². The molecule has 0 aromatic heterocycles. The molecule has 0 saturated carbocycles. The molecule has 0 fully saturated rings. The number of anilines is 1. The second-order valence-electron chi connectivity index (χ2n) is 5.40. The van der Waals surface area contributed by atoms with Crippen LogP contribution in [0.4, 0.5) is 5.69 Å². The van der Waals surface area contributed by atoms with Gasteiger partial charge in [0.2, 0.25) is 0 Å². The number of nitrogens with one attached hydrogen (secondary N) is 2. The maximum absolute atomic E-state index is 11.9. The maximum Gasteiger partial charge on any atom is 0.313 e. The van der Waals surface area contributed by atoms with E-state index in [0.29, 0.717) is 18.2 Å². The summed E-state index contributed by atoms with van der Waals surface area (Å²) < 4.78 is 0. The fraction of sp³-hybridized carbons (Fsp3) is 0.529. The van der Waals surface area contributed by atoms with E-state index < -0.39 is 11.8 Å². The van der Waals surface area contributed by atoms with Crippen molar-refractivity contribution in [1.29, 1.82) is 0 Å². The van der Waals surface area contributed by atoms with Gasteiger partial charge in [0.15, 0.2) is 0 Å². The minimum atomic E-state index is -0.602. The molecule has 1 rings (SSSR count). The van der Waals surface area contributed by atoms with Gasteiger partial charge >= 0.3 is 11.8 Å². The van der Waals surface area contributed by atoms with Crippen LogP contribution in [0.5, 0.6) is 0 Å². The first-order valence-corrected chi connectivity index (χ1v) is 7.73. The Labute approximate surface area is 127 Å². The first-order valence-electron chi connectivity index (χ1n) is 7.73. The van der Waals surface area contributed by atoms with Crippen molar-refractivity contribution in [3.05, 3.63) is 29.8 Å². The Balaban J connectivity index is 2.44. The molecule has 0 spiro atoms. The van der Waals surface area contributed by atoms with Crippen LogP contribution in [0.3, 0.4) is 0 Å². The molecule has 4 heteroatoms. The van der Waals surface area contributed by atoms with Crippen LogP contribution < -0.4 is 10.6 Å². The number of aryl methyl sites for hydroxylation is 1. The van der Waals surface area contributed by atoms with Gasteiger partial charge in [-0.15, -0.1) is 0 Å². The topological polar surface area (TPSA) is 58.2 Å². The Morgan fingerprint density at radius 2 is 1.86 bits per heavy atom. The highest BCUT2D eigenvalue weighted by Crippen LogP contribution is 2.13. The van der Waals surface area contributed by atoms with Crippen LogP contribution in [0.25, 0.3) is 0 Å². The Morgan fingerprint density at radius 1 is 1.14 bits per heavy atom. The zero-order valence-corrected chi connectivity index (χ0v) is 13.2. The SMILES string of the molecule is CCCC[C@@H](CC)CNC(=O)C(=O)Nc1ccccc1C. The third-order valence-electron chi connectivity index (χ3n) is 3.69. The van der Waals surface area contributed by atoms with E-state index in [0.717, 1.165) is 31.2 Å². The fourth-order valence-corrected chi connectivity index (χ4v) is 2.15. The molecule has 0 aliphatic rings. The van der Waals surface area contributed by atoms with Gasteiger partial charge in [0, 0.05) is 12.2 Å². The summed E-state index contributed by atoms with van der Waals surface area (Å²) in [6.45, 7) is 6.72. The van der Waals surface area contributed by atoms with Gasteiger partial charge in [-0.2, -0.15) is 0 Å². The van der Waals surface area contributed by atoms with E-state index in [2.05, 4.69) is 24.5 Å². The molecular formula is C17H26N2O2. The molecule has 4 nitrogen and oxygen atoms in total. The van der Waals surface area contributed by atoms with Crippen molar-refractivity contribution in [3.63, 3.8) is 0 Å². The van der Waals surface area contributed by atoms with E-state index in [9.17, 15) is 9.59 Å². The lowest BCUT2D eigenvalue weighted by molar-refractivity contribution is -0.136. The average Bonchev–Trinajstić information content (AvgIpc) is 2.49. The second kappa shape index (κ2) is 9.16. The zero-order valence-electron chi connectivity index (χ0n) is 13.2. The average molecular weight is 290 g/mol. The highest BCUT2D eigenvalue weighted by Gasteiger charge is 2.15. The van der Waals surface area contributed by atoms with Crippen LogP contribution in [0.15, 0.2) is 24.3 Å². The summed E-state index contributed by atoms with van der Waals surface area (Å²) in [7, 11) is 0. The molecule has 0 aliphatic carbocycles. The van der Waals surface area contributed by atoms with Gasteiger partial charge in [-0.05, 0) is 30.9 Å². The first kappa shape index (κ1) is 17.2. The third-order valence-corrected chi connectivity index (χ3v) is 3.69. The number of hydrogen-bond acceptors (Lipinski definition) is 2. The van der Waals surface area contributed by atoms with E-state index in [1.807, 2.05) is 25.1 Å². The van der Waals surface area contributed by atoms with Crippen molar-refractivity contribution < 1.29 is 9.59 Å². The Morgan fingerprint density at radius 3 is 2.48 bits per heavy atom. The minimum absolute atomic E-state index is 0.445. The number of rotatable bonds is 7. The summed E-state index contributed by atoms with van der Waals surface area (Å²) in [4.78, 5) is 23.7. The monoisotopic (exact) mass is 290 g/mol. The molecule has 0 aliphatic heterocycles. The number of carbonyl (C=O) groups excluding carboxylic acids is 2. The van der Waals surface area contributed by atoms with Crippen molar-refractivity contribution in [1.82, 2.24) is 5.32 Å². The summed E-state index contributed by atoms with van der Waals surface area (Å²) >= 11 is 0. The lowest BCUT2D eigenvalue weighted by atomic mass is 9.99. The van der Waals surface area contributed by atoms with Crippen molar-refractivity contribution >= 4 is 17.5 Å². The molecule has 0 unspecified atom stereocenters. The summed E-state index contributed by atoms with van der Waals surface area (Å²) in [5.41, 5.74) is 1.61. The van der Waals surface area contributed by atoms with E-state index >= 15 is 0 Å². The molecular weight excluding hydrogens is 264 g/mol. The number of hydrogen-bond donors (Lipinski definition) is 2. The zero-order chi connectivity index (χ0) is 15.7. The molecule has 1 aromatic carbocycles. The predicted octanol–water partition coefficient (Wildman–Crippen LogP) is 3.27. The molecule has 21 heavy (non-hydrogen) atoms. The maximum atomic E-state index is 11.9. The second-order valence-corrected chi connectivity index (χ2v) is 5.40. The van der Waals surface area contributed by atoms with E-state index in [4.69, 9.17) is 0 Å². The largest absolute Gasteiger partial charge is 0.348 e. The lowest BCUT2D eigenvalue weighted by Gasteiger charge is -2.15. The van der Waals surface area contributed by atoms with Crippen LogP contribution >= 0.6 is 0 Å². The number of amides is 2. The third kappa shape index (κ3) is 5.98. The van der Waals surface area contributed by atoms with Gasteiger partial charge in [0.05, 0.1) is 0 Å². The number of unbranched alkanes of at least 4 members (excludes halogenated alkanes) is 1. The standard InChI is InChI=1S/C17H26N2O2/c1-4-6-10-14(5-2)12-18-16(20)17(21)19-15-11-8-7-9-13(15)3/h7-9,11,14H,4-6,10,12H2,1-3H3,(H,18,20)(H,19,21)/t14-/m1/s1. The summed E-state index contributed by atoms with van der Waals surface area (Å²) in [6.07, 6.45) is 4.41. The van der Waals surface area contributed by atoms with Crippen molar-refractivity contribution in [2.75, 3.05) is 11.9 Å². The van der Waals surface area contributed by atoms with Crippen molar-refractivity contribution in [3.8, 4) is 0 Å². The van der Waals surface area contributed by atoms with Gasteiger partial charge in [-0.25, -0.2) is 0 Å². The van der Waals surface area contributed by atoms with Gasteiger partial charge in [0.1, 0.15) is 0 Å². The van der Waals surface area contributed by atoms with Gasteiger partial charge in [-0.1, -0.05) is 51.3 Å². The minimum Gasteiger partial charge on any atom is -0.348 e. The van der Waals surface area contributed by atoms with E-state index in [1.54, 1.807) is 6.07 Å². The number of benzene rings is 1. The van der Waals surface area contributed by atoms with Crippen LogP contribution in [0.2, 0.25) is 0 Å². The highest BCUT2D eigenvalue weighted by molar-refractivity contribution is 6.39. The lowest BCUT2D eigenvalue weighted by Crippen LogP contribution is -2.38. The first-order chi connectivity index (χ1) is 10.1. The van der Waals surface area contributed by atoms with E-state index in [1.165, 1.54) is 0 Å². The normalized spacial score (nSPS) is 11.8. The summed E-state index contributed by atoms with van der Waals surface area (Å²) in [5, 5.41) is 5.37. The highest BCUT2D eigenvalue weighted by atomic mass is 16.2.